The number of alkyl halides is 4. The van der Waals surface area contributed by atoms with Crippen molar-refractivity contribution in [3.05, 3.63) is 23.4 Å². The molecule has 19 heavy (non-hydrogen) atoms. The molecule has 1 aromatic rings. The number of halogens is 4. The topological polar surface area (TPSA) is 70.8 Å². The van der Waals surface area contributed by atoms with Crippen LogP contribution >= 0.6 is 11.6 Å². The Kier molecular flexibility index (Phi) is 4.76. The fourth-order valence-electron chi connectivity index (χ4n) is 1.26. The van der Waals surface area contributed by atoms with Gasteiger partial charge in [-0.05, 0) is 18.6 Å². The molecule has 0 aromatic carbocycles. The first-order valence-electron chi connectivity index (χ1n) is 4.99. The van der Waals surface area contributed by atoms with E-state index in [2.05, 4.69) is 4.98 Å². The normalized spacial score (nSPS) is 12.2. The number of hydrogen-bond donors (Lipinski definition) is 0. The van der Waals surface area contributed by atoms with E-state index in [0.29, 0.717) is 6.07 Å². The van der Waals surface area contributed by atoms with Crippen LogP contribution in [0.1, 0.15) is 17.7 Å². The van der Waals surface area contributed by atoms with Crippen LogP contribution in [-0.4, -0.2) is 25.0 Å². The van der Waals surface area contributed by atoms with Gasteiger partial charge in [-0.25, -0.2) is 13.4 Å². The summed E-state index contributed by atoms with van der Waals surface area (Å²) in [5, 5.41) is 7.89. The van der Waals surface area contributed by atoms with Gasteiger partial charge in [0.25, 0.3) is 0 Å². The molecule has 0 unspecified atom stereocenters. The molecule has 0 saturated heterocycles. The molecule has 0 spiro atoms. The van der Waals surface area contributed by atoms with E-state index in [9.17, 15) is 21.6 Å². The molecule has 0 fully saturated rings. The number of nitriles is 1. The predicted molar refractivity (Wildman–Crippen MR) is 61.3 cm³/mol. The summed E-state index contributed by atoms with van der Waals surface area (Å²) in [4.78, 5) is 3.06. The van der Waals surface area contributed by atoms with Gasteiger partial charge in [-0.2, -0.15) is 18.4 Å². The lowest BCUT2D eigenvalue weighted by atomic mass is 10.2. The molecule has 104 valence electrons. The van der Waals surface area contributed by atoms with Crippen LogP contribution in [0.25, 0.3) is 0 Å². The Balaban J connectivity index is 3.37. The number of hydrogen-bond acceptors (Lipinski definition) is 4. The zero-order valence-electron chi connectivity index (χ0n) is 9.41. The smallest absolute Gasteiger partial charge is 0.230 e. The number of nitrogens with zero attached hydrogens (tertiary/aromatic N) is 2. The van der Waals surface area contributed by atoms with E-state index in [1.165, 1.54) is 6.07 Å². The SMILES string of the molecule is N#Cc1ccc(C(F)(F)F)nc1S(=O)(=O)CCCCl. The Hall–Kier alpha value is -1.33. The van der Waals surface area contributed by atoms with Crippen molar-refractivity contribution in [3.8, 4) is 6.07 Å². The van der Waals surface area contributed by atoms with E-state index in [0.717, 1.165) is 6.07 Å². The second-order valence-corrected chi connectivity index (χ2v) is 5.92. The van der Waals surface area contributed by atoms with Gasteiger partial charge in [0.2, 0.25) is 0 Å². The minimum Gasteiger partial charge on any atom is -0.230 e. The van der Waals surface area contributed by atoms with Gasteiger partial charge in [0.1, 0.15) is 11.8 Å². The Bertz CT molecular complexity index is 608. The highest BCUT2D eigenvalue weighted by Crippen LogP contribution is 2.29. The molecule has 4 nitrogen and oxygen atoms in total. The summed E-state index contributed by atoms with van der Waals surface area (Å²) in [6, 6.07) is 2.88. The molecule has 0 atom stereocenters. The first-order valence-corrected chi connectivity index (χ1v) is 7.18. The second-order valence-electron chi connectivity index (χ2n) is 3.52. The molecule has 1 heterocycles. The summed E-state index contributed by atoms with van der Waals surface area (Å²) in [6.45, 7) is 0. The molecular formula is C10H8ClF3N2O2S. The third-order valence-corrected chi connectivity index (χ3v) is 4.11. The Morgan fingerprint density at radius 1 is 1.37 bits per heavy atom. The molecule has 0 saturated carbocycles. The van der Waals surface area contributed by atoms with Gasteiger partial charge in [-0.1, -0.05) is 0 Å². The molecule has 0 amide bonds. The van der Waals surface area contributed by atoms with Crippen molar-refractivity contribution in [2.75, 3.05) is 11.6 Å². The van der Waals surface area contributed by atoms with Crippen molar-refractivity contribution < 1.29 is 21.6 Å². The standard InChI is InChI=1S/C10H8ClF3N2O2S/c11-4-1-5-19(17,18)9-7(6-15)2-3-8(16-9)10(12,13)14/h2-3H,1,4-5H2. The summed E-state index contributed by atoms with van der Waals surface area (Å²) >= 11 is 5.34. The van der Waals surface area contributed by atoms with Gasteiger partial charge < -0.3 is 0 Å². The molecule has 1 aromatic heterocycles. The molecule has 0 N–H and O–H groups in total. The van der Waals surface area contributed by atoms with Crippen LogP contribution in [-0.2, 0) is 16.0 Å². The summed E-state index contributed by atoms with van der Waals surface area (Å²) in [5.41, 5.74) is -1.77. The zero-order valence-corrected chi connectivity index (χ0v) is 11.0. The number of aromatic nitrogens is 1. The van der Waals surface area contributed by atoms with E-state index < -0.39 is 38.0 Å². The van der Waals surface area contributed by atoms with Crippen LogP contribution in [0, 0.1) is 11.3 Å². The van der Waals surface area contributed by atoms with Crippen molar-refractivity contribution in [1.29, 1.82) is 5.26 Å². The van der Waals surface area contributed by atoms with Crippen LogP contribution in [0.4, 0.5) is 13.2 Å². The fraction of sp³-hybridized carbons (Fsp3) is 0.400. The lowest BCUT2D eigenvalue weighted by Gasteiger charge is -2.09. The maximum atomic E-state index is 12.5. The Morgan fingerprint density at radius 3 is 2.47 bits per heavy atom. The molecule has 9 heteroatoms. The van der Waals surface area contributed by atoms with E-state index in [1.54, 1.807) is 0 Å². The minimum absolute atomic E-state index is 0.0417. The van der Waals surface area contributed by atoms with Crippen molar-refractivity contribution in [3.63, 3.8) is 0 Å². The average molecular weight is 313 g/mol. The van der Waals surface area contributed by atoms with E-state index >= 15 is 0 Å². The van der Waals surface area contributed by atoms with Gasteiger partial charge in [0.15, 0.2) is 14.9 Å². The summed E-state index contributed by atoms with van der Waals surface area (Å²) in [7, 11) is -4.07. The van der Waals surface area contributed by atoms with Crippen molar-refractivity contribution in [2.45, 2.75) is 17.6 Å². The number of pyridine rings is 1. The molecular weight excluding hydrogens is 305 g/mol. The van der Waals surface area contributed by atoms with Crippen LogP contribution in [0.3, 0.4) is 0 Å². The van der Waals surface area contributed by atoms with Gasteiger partial charge in [0.05, 0.1) is 11.3 Å². The Labute approximate surface area is 112 Å². The second kappa shape index (κ2) is 5.75. The predicted octanol–water partition coefficient (Wildman–Crippen LogP) is 2.37. The maximum Gasteiger partial charge on any atom is 0.433 e. The zero-order chi connectivity index (χ0) is 14.7. The van der Waals surface area contributed by atoms with Crippen molar-refractivity contribution in [1.82, 2.24) is 4.98 Å². The van der Waals surface area contributed by atoms with E-state index in [4.69, 9.17) is 16.9 Å². The minimum atomic E-state index is -4.77. The first kappa shape index (κ1) is 15.7. The maximum absolute atomic E-state index is 12.5. The van der Waals surface area contributed by atoms with Crippen LogP contribution in [0.2, 0.25) is 0 Å². The fourth-order valence-corrected chi connectivity index (χ4v) is 2.96. The third kappa shape index (κ3) is 3.81. The van der Waals surface area contributed by atoms with Crippen LogP contribution in [0.5, 0.6) is 0 Å². The van der Waals surface area contributed by atoms with Crippen LogP contribution < -0.4 is 0 Å². The third-order valence-electron chi connectivity index (χ3n) is 2.11. The number of rotatable bonds is 4. The number of sulfone groups is 1. The molecule has 0 aliphatic rings. The molecule has 0 aliphatic carbocycles. The highest BCUT2D eigenvalue weighted by Gasteiger charge is 2.34. The van der Waals surface area contributed by atoms with Gasteiger partial charge >= 0.3 is 6.18 Å². The van der Waals surface area contributed by atoms with Crippen LogP contribution in [0.15, 0.2) is 17.2 Å². The molecule has 1 rings (SSSR count). The van der Waals surface area contributed by atoms with Gasteiger partial charge in [-0.3, -0.25) is 0 Å². The Morgan fingerprint density at radius 2 is 2.00 bits per heavy atom. The highest BCUT2D eigenvalue weighted by atomic mass is 35.5. The monoisotopic (exact) mass is 312 g/mol. The molecule has 0 radical (unpaired) electrons. The summed E-state index contributed by atoms with van der Waals surface area (Å²) < 4.78 is 61.1. The van der Waals surface area contributed by atoms with Gasteiger partial charge in [0, 0.05) is 5.88 Å². The summed E-state index contributed by atoms with van der Waals surface area (Å²) in [6.07, 6.45) is -4.71. The first-order chi connectivity index (χ1) is 8.72. The largest absolute Gasteiger partial charge is 0.433 e. The van der Waals surface area contributed by atoms with Crippen molar-refractivity contribution in [2.24, 2.45) is 0 Å². The lowest BCUT2D eigenvalue weighted by Crippen LogP contribution is -2.16. The average Bonchev–Trinajstić information content (AvgIpc) is 2.34. The lowest BCUT2D eigenvalue weighted by molar-refractivity contribution is -0.141. The molecule has 0 aliphatic heterocycles. The van der Waals surface area contributed by atoms with E-state index in [-0.39, 0.29) is 12.3 Å². The van der Waals surface area contributed by atoms with E-state index in [1.807, 2.05) is 0 Å². The van der Waals surface area contributed by atoms with Gasteiger partial charge in [-0.15, -0.1) is 11.6 Å². The highest BCUT2D eigenvalue weighted by molar-refractivity contribution is 7.91. The summed E-state index contributed by atoms with van der Waals surface area (Å²) in [5.74, 6) is -0.417. The van der Waals surface area contributed by atoms with Crippen molar-refractivity contribution >= 4 is 21.4 Å². The molecule has 0 bridgehead atoms. The quantitative estimate of drug-likeness (QED) is 0.800.